The number of ether oxygens (including phenoxy) is 3. The lowest BCUT2D eigenvalue weighted by Crippen LogP contribution is -2.13. The van der Waals surface area contributed by atoms with E-state index in [1.165, 1.54) is 20.3 Å². The molecule has 17 heavy (non-hydrogen) atoms. The van der Waals surface area contributed by atoms with Gasteiger partial charge < -0.3 is 14.2 Å². The summed E-state index contributed by atoms with van der Waals surface area (Å²) in [7, 11) is 2.73. The van der Waals surface area contributed by atoms with Crippen molar-refractivity contribution in [3.8, 4) is 17.6 Å². The Hall–Kier alpha value is -1.74. The van der Waals surface area contributed by atoms with Crippen molar-refractivity contribution in [1.82, 2.24) is 0 Å². The summed E-state index contributed by atoms with van der Waals surface area (Å²) in [4.78, 5) is 11.0. The zero-order valence-electron chi connectivity index (χ0n) is 9.32. The quantitative estimate of drug-likeness (QED) is 0.794. The third kappa shape index (κ3) is 3.36. The molecule has 0 fully saturated rings. The number of rotatable bonds is 4. The van der Waals surface area contributed by atoms with Gasteiger partial charge in [0, 0.05) is 6.07 Å². The first-order valence-electron chi connectivity index (χ1n) is 4.59. The number of carbonyl (C=O) groups is 1. The first-order chi connectivity index (χ1) is 8.12. The molecule has 0 unspecified atom stereocenters. The summed E-state index contributed by atoms with van der Waals surface area (Å²) < 4.78 is 15.3. The van der Waals surface area contributed by atoms with E-state index in [2.05, 4.69) is 20.7 Å². The largest absolute Gasteiger partial charge is 0.493 e. The minimum atomic E-state index is -0.497. The Morgan fingerprint density at radius 3 is 2.71 bits per heavy atom. The Kier molecular flexibility index (Phi) is 4.79. The molecule has 1 rings (SSSR count). The lowest BCUT2D eigenvalue weighted by molar-refractivity contribution is -0.142. The molecule has 0 aliphatic rings. The molecule has 0 heterocycles. The summed E-state index contributed by atoms with van der Waals surface area (Å²) in [5.74, 6) is 0.236. The summed E-state index contributed by atoms with van der Waals surface area (Å²) in [6, 6.07) is 5.09. The van der Waals surface area contributed by atoms with Crippen molar-refractivity contribution >= 4 is 21.9 Å². The number of benzene rings is 1. The summed E-state index contributed by atoms with van der Waals surface area (Å²) in [6.45, 7) is -0.225. The molecule has 0 aliphatic heterocycles. The van der Waals surface area contributed by atoms with Gasteiger partial charge in [-0.1, -0.05) is 0 Å². The molecule has 0 aromatic heterocycles. The zero-order valence-corrected chi connectivity index (χ0v) is 10.9. The smallest absolute Gasteiger partial charge is 0.343 e. The molecule has 1 aromatic carbocycles. The zero-order chi connectivity index (χ0) is 12.8. The van der Waals surface area contributed by atoms with Crippen LogP contribution in [0, 0.1) is 11.3 Å². The Morgan fingerprint density at radius 1 is 1.47 bits per heavy atom. The topological polar surface area (TPSA) is 68.5 Å². The number of hydrogen-bond acceptors (Lipinski definition) is 5. The minimum absolute atomic E-state index is 0.225. The van der Waals surface area contributed by atoms with Crippen LogP contribution in [0.15, 0.2) is 16.6 Å². The number of halogens is 1. The van der Waals surface area contributed by atoms with E-state index >= 15 is 0 Å². The van der Waals surface area contributed by atoms with Crippen LogP contribution >= 0.6 is 15.9 Å². The van der Waals surface area contributed by atoms with E-state index in [1.807, 2.05) is 6.07 Å². The normalized spacial score (nSPS) is 9.29. The van der Waals surface area contributed by atoms with Crippen LogP contribution in [-0.2, 0) is 9.53 Å². The second-order valence-corrected chi connectivity index (χ2v) is 3.82. The lowest BCUT2D eigenvalue weighted by Gasteiger charge is -2.11. The lowest BCUT2D eigenvalue weighted by atomic mass is 10.2. The van der Waals surface area contributed by atoms with Crippen molar-refractivity contribution in [2.45, 2.75) is 0 Å². The van der Waals surface area contributed by atoms with Gasteiger partial charge in [0.1, 0.15) is 0 Å². The SMILES string of the molecule is COC(=O)COc1c(Br)cc(C#N)cc1OC. The highest BCUT2D eigenvalue weighted by Crippen LogP contribution is 2.36. The molecule has 5 nitrogen and oxygen atoms in total. The van der Waals surface area contributed by atoms with Crippen LogP contribution in [0.5, 0.6) is 11.5 Å². The minimum Gasteiger partial charge on any atom is -0.493 e. The van der Waals surface area contributed by atoms with Crippen molar-refractivity contribution in [3.63, 3.8) is 0 Å². The molecule has 0 spiro atoms. The van der Waals surface area contributed by atoms with Crippen molar-refractivity contribution in [3.05, 3.63) is 22.2 Å². The predicted octanol–water partition coefficient (Wildman–Crippen LogP) is 1.88. The van der Waals surface area contributed by atoms with Gasteiger partial charge >= 0.3 is 5.97 Å². The highest BCUT2D eigenvalue weighted by atomic mass is 79.9. The molecule has 6 heteroatoms. The Labute approximate surface area is 107 Å². The fourth-order valence-corrected chi connectivity index (χ4v) is 1.67. The number of esters is 1. The van der Waals surface area contributed by atoms with Gasteiger partial charge in [-0.2, -0.15) is 5.26 Å². The number of nitriles is 1. The third-order valence-corrected chi connectivity index (χ3v) is 2.51. The second kappa shape index (κ2) is 6.11. The molecule has 0 radical (unpaired) electrons. The summed E-state index contributed by atoms with van der Waals surface area (Å²) in [6.07, 6.45) is 0. The Balaban J connectivity index is 2.98. The van der Waals surface area contributed by atoms with Gasteiger partial charge in [0.05, 0.1) is 30.3 Å². The first kappa shape index (κ1) is 13.3. The maximum absolute atomic E-state index is 11.0. The van der Waals surface area contributed by atoms with Gasteiger partial charge in [0.2, 0.25) is 0 Å². The Bertz CT molecular complexity index is 467. The fourth-order valence-electron chi connectivity index (χ4n) is 1.11. The van der Waals surface area contributed by atoms with Gasteiger partial charge in [0.25, 0.3) is 0 Å². The fraction of sp³-hybridized carbons (Fsp3) is 0.273. The number of nitrogens with zero attached hydrogens (tertiary/aromatic N) is 1. The molecular formula is C11H10BrNO4. The average molecular weight is 300 g/mol. The molecule has 0 bridgehead atoms. The van der Waals surface area contributed by atoms with Crippen molar-refractivity contribution in [1.29, 1.82) is 5.26 Å². The molecule has 0 saturated carbocycles. The maximum atomic E-state index is 11.0. The van der Waals surface area contributed by atoms with Gasteiger partial charge in [0.15, 0.2) is 18.1 Å². The van der Waals surface area contributed by atoms with E-state index in [9.17, 15) is 4.79 Å². The monoisotopic (exact) mass is 299 g/mol. The Morgan fingerprint density at radius 2 is 2.18 bits per heavy atom. The molecule has 0 aliphatic carbocycles. The van der Waals surface area contributed by atoms with Crippen LogP contribution in [0.2, 0.25) is 0 Å². The maximum Gasteiger partial charge on any atom is 0.343 e. The van der Waals surface area contributed by atoms with Gasteiger partial charge in [-0.05, 0) is 22.0 Å². The molecular weight excluding hydrogens is 290 g/mol. The number of carbonyl (C=O) groups excluding carboxylic acids is 1. The highest BCUT2D eigenvalue weighted by molar-refractivity contribution is 9.10. The molecule has 0 atom stereocenters. The van der Waals surface area contributed by atoms with E-state index in [0.717, 1.165) is 0 Å². The summed E-state index contributed by atoms with van der Waals surface area (Å²) in [5.41, 5.74) is 0.430. The van der Waals surface area contributed by atoms with Gasteiger partial charge in [-0.25, -0.2) is 4.79 Å². The molecule has 1 aromatic rings. The van der Waals surface area contributed by atoms with Crippen LogP contribution in [-0.4, -0.2) is 26.8 Å². The first-order valence-corrected chi connectivity index (χ1v) is 5.39. The molecule has 0 N–H and O–H groups in total. The standard InChI is InChI=1S/C11H10BrNO4/c1-15-9-4-7(5-13)3-8(12)11(9)17-6-10(14)16-2/h3-4H,6H2,1-2H3. The van der Waals surface area contributed by atoms with Crippen molar-refractivity contribution in [2.24, 2.45) is 0 Å². The average Bonchev–Trinajstić information content (AvgIpc) is 2.35. The van der Waals surface area contributed by atoms with Crippen LogP contribution in [0.25, 0.3) is 0 Å². The third-order valence-electron chi connectivity index (χ3n) is 1.92. The van der Waals surface area contributed by atoms with E-state index < -0.39 is 5.97 Å². The number of methoxy groups -OCH3 is 2. The molecule has 90 valence electrons. The number of hydrogen-bond donors (Lipinski definition) is 0. The van der Waals surface area contributed by atoms with E-state index in [1.54, 1.807) is 6.07 Å². The second-order valence-electron chi connectivity index (χ2n) is 2.97. The molecule has 0 amide bonds. The van der Waals surface area contributed by atoms with Gasteiger partial charge in [-0.3, -0.25) is 0 Å². The van der Waals surface area contributed by atoms with Crippen LogP contribution in [0.3, 0.4) is 0 Å². The van der Waals surface area contributed by atoms with E-state index in [4.69, 9.17) is 14.7 Å². The van der Waals surface area contributed by atoms with E-state index in [-0.39, 0.29) is 6.61 Å². The van der Waals surface area contributed by atoms with Crippen LogP contribution in [0.1, 0.15) is 5.56 Å². The summed E-state index contributed by atoms with van der Waals surface area (Å²) >= 11 is 3.24. The highest BCUT2D eigenvalue weighted by Gasteiger charge is 2.13. The van der Waals surface area contributed by atoms with Crippen LogP contribution in [0.4, 0.5) is 0 Å². The van der Waals surface area contributed by atoms with Crippen molar-refractivity contribution < 1.29 is 19.0 Å². The summed E-state index contributed by atoms with van der Waals surface area (Å²) in [5, 5.41) is 8.79. The van der Waals surface area contributed by atoms with Crippen molar-refractivity contribution in [2.75, 3.05) is 20.8 Å². The van der Waals surface area contributed by atoms with Gasteiger partial charge in [-0.15, -0.1) is 0 Å². The predicted molar refractivity (Wildman–Crippen MR) is 62.9 cm³/mol. The van der Waals surface area contributed by atoms with E-state index in [0.29, 0.717) is 21.5 Å². The molecule has 0 saturated heterocycles. The van der Waals surface area contributed by atoms with Crippen LogP contribution < -0.4 is 9.47 Å².